The highest BCUT2D eigenvalue weighted by atomic mass is 16.5. The molecule has 0 saturated carbocycles. The van der Waals surface area contributed by atoms with E-state index in [1.54, 1.807) is 0 Å². The first-order chi connectivity index (χ1) is 4.57. The number of hydrogen-bond acceptors (Lipinski definition) is 2. The van der Waals surface area contributed by atoms with Gasteiger partial charge in [-0.3, -0.25) is 0 Å². The summed E-state index contributed by atoms with van der Waals surface area (Å²) in [5.41, 5.74) is 0.908. The highest BCUT2D eigenvalue weighted by molar-refractivity contribution is 5.14. The second kappa shape index (κ2) is 2.27. The molecule has 0 amide bonds. The number of hydrogen-bond donors (Lipinski definition) is 1. The second-order valence-corrected chi connectivity index (χ2v) is 3.22. The van der Waals surface area contributed by atoms with E-state index >= 15 is 0 Å². The normalized spacial score (nSPS) is 32.8. The van der Waals surface area contributed by atoms with E-state index < -0.39 is 0 Å². The molecule has 0 radical (unpaired) electrons. The van der Waals surface area contributed by atoms with Gasteiger partial charge in [-0.05, 0) is 26.3 Å². The predicted octanol–water partition coefficient (Wildman–Crippen LogP) is 1.45. The van der Waals surface area contributed by atoms with Crippen molar-refractivity contribution in [2.24, 2.45) is 0 Å². The zero-order valence-corrected chi connectivity index (χ0v) is 6.77. The van der Waals surface area contributed by atoms with Crippen LogP contribution in [0.5, 0.6) is 0 Å². The van der Waals surface area contributed by atoms with Crippen molar-refractivity contribution in [2.45, 2.75) is 32.8 Å². The van der Waals surface area contributed by atoms with Crippen molar-refractivity contribution in [3.8, 4) is 0 Å². The third kappa shape index (κ3) is 1.16. The van der Waals surface area contributed by atoms with Crippen LogP contribution in [-0.4, -0.2) is 17.3 Å². The Balaban J connectivity index is 2.66. The maximum atomic E-state index is 8.91. The van der Waals surface area contributed by atoms with E-state index in [4.69, 9.17) is 9.84 Å². The van der Waals surface area contributed by atoms with Crippen LogP contribution in [0, 0.1) is 0 Å². The molecule has 0 bridgehead atoms. The van der Waals surface area contributed by atoms with Crippen molar-refractivity contribution in [3.05, 3.63) is 11.3 Å². The van der Waals surface area contributed by atoms with E-state index in [0.29, 0.717) is 0 Å². The predicted molar refractivity (Wildman–Crippen MR) is 39.6 cm³/mol. The van der Waals surface area contributed by atoms with E-state index in [2.05, 4.69) is 0 Å². The molecular weight excluding hydrogens is 128 g/mol. The van der Waals surface area contributed by atoms with Gasteiger partial charge in [-0.2, -0.15) is 0 Å². The Labute approximate surface area is 61.5 Å². The fraction of sp³-hybridized carbons (Fsp3) is 0.750. The van der Waals surface area contributed by atoms with Gasteiger partial charge in [0.15, 0.2) is 0 Å². The molecule has 1 rings (SSSR count). The molecule has 2 nitrogen and oxygen atoms in total. The summed E-state index contributed by atoms with van der Waals surface area (Å²) in [5.74, 6) is 0.969. The van der Waals surface area contributed by atoms with Gasteiger partial charge in [0.25, 0.3) is 0 Å². The number of aliphatic hydroxyl groups excluding tert-OH is 1. The van der Waals surface area contributed by atoms with Crippen LogP contribution in [0.1, 0.15) is 27.2 Å². The van der Waals surface area contributed by atoms with Crippen LogP contribution in [0.4, 0.5) is 0 Å². The fourth-order valence-electron chi connectivity index (χ4n) is 1.27. The van der Waals surface area contributed by atoms with Gasteiger partial charge in [-0.1, -0.05) is 0 Å². The van der Waals surface area contributed by atoms with Crippen LogP contribution in [0.3, 0.4) is 0 Å². The Kier molecular flexibility index (Phi) is 1.73. The first kappa shape index (κ1) is 7.61. The Hall–Kier alpha value is -0.500. The molecule has 1 atom stereocenters. The van der Waals surface area contributed by atoms with Crippen LogP contribution in [0.15, 0.2) is 11.3 Å². The Bertz CT molecular complexity index is 156. The molecule has 0 aromatic heterocycles. The lowest BCUT2D eigenvalue weighted by atomic mass is 10.0. The van der Waals surface area contributed by atoms with Crippen molar-refractivity contribution in [2.75, 3.05) is 6.61 Å². The van der Waals surface area contributed by atoms with Crippen molar-refractivity contribution in [3.63, 3.8) is 0 Å². The van der Waals surface area contributed by atoms with Gasteiger partial charge >= 0.3 is 0 Å². The fourth-order valence-corrected chi connectivity index (χ4v) is 1.27. The van der Waals surface area contributed by atoms with Crippen LogP contribution in [0.25, 0.3) is 0 Å². The molecule has 1 N–H and O–H groups in total. The third-order valence-corrected chi connectivity index (χ3v) is 1.97. The van der Waals surface area contributed by atoms with Crippen molar-refractivity contribution in [1.82, 2.24) is 0 Å². The molecule has 0 aromatic rings. The van der Waals surface area contributed by atoms with Gasteiger partial charge in [0.1, 0.15) is 5.60 Å². The molecule has 1 aliphatic rings. The van der Waals surface area contributed by atoms with Gasteiger partial charge in [-0.25, -0.2) is 0 Å². The molecule has 2 heteroatoms. The summed E-state index contributed by atoms with van der Waals surface area (Å²) in [5, 5.41) is 8.91. The van der Waals surface area contributed by atoms with Gasteiger partial charge < -0.3 is 9.84 Å². The SMILES string of the molecule is CC1=C(C)OC(C)(CO)C1. The minimum absolute atomic E-state index is 0.0989. The monoisotopic (exact) mass is 142 g/mol. The van der Waals surface area contributed by atoms with Gasteiger partial charge in [0.2, 0.25) is 0 Å². The quantitative estimate of drug-likeness (QED) is 0.600. The zero-order chi connectivity index (χ0) is 7.78. The maximum Gasteiger partial charge on any atom is 0.132 e. The minimum Gasteiger partial charge on any atom is -0.490 e. The molecule has 0 fully saturated rings. The lowest BCUT2D eigenvalue weighted by molar-refractivity contribution is -0.00646. The Morgan fingerprint density at radius 3 is 2.40 bits per heavy atom. The topological polar surface area (TPSA) is 29.5 Å². The first-order valence-corrected chi connectivity index (χ1v) is 3.54. The highest BCUT2D eigenvalue weighted by Gasteiger charge is 2.32. The van der Waals surface area contributed by atoms with E-state index in [0.717, 1.165) is 12.2 Å². The third-order valence-electron chi connectivity index (χ3n) is 1.97. The number of aliphatic hydroxyl groups is 1. The van der Waals surface area contributed by atoms with Crippen LogP contribution in [-0.2, 0) is 4.74 Å². The summed E-state index contributed by atoms with van der Waals surface area (Å²) in [4.78, 5) is 0. The van der Waals surface area contributed by atoms with Crippen LogP contribution in [0.2, 0.25) is 0 Å². The smallest absolute Gasteiger partial charge is 0.132 e. The standard InChI is InChI=1S/C8H14O2/c1-6-4-8(3,5-9)10-7(6)2/h9H,4-5H2,1-3H3. The zero-order valence-electron chi connectivity index (χ0n) is 6.77. The molecule has 1 heterocycles. The lowest BCUT2D eigenvalue weighted by Gasteiger charge is -2.21. The molecule has 0 aliphatic carbocycles. The number of rotatable bonds is 1. The maximum absolute atomic E-state index is 8.91. The number of allylic oxidation sites excluding steroid dienone is 1. The van der Waals surface area contributed by atoms with Gasteiger partial charge in [0, 0.05) is 6.42 Å². The van der Waals surface area contributed by atoms with Crippen LogP contribution < -0.4 is 0 Å². The van der Waals surface area contributed by atoms with Crippen LogP contribution >= 0.6 is 0 Å². The lowest BCUT2D eigenvalue weighted by Crippen LogP contribution is -2.28. The summed E-state index contributed by atoms with van der Waals surface area (Å²) in [6, 6.07) is 0. The van der Waals surface area contributed by atoms with E-state index in [1.807, 2.05) is 20.8 Å². The largest absolute Gasteiger partial charge is 0.490 e. The summed E-state index contributed by atoms with van der Waals surface area (Å²) in [6.07, 6.45) is 0.856. The second-order valence-electron chi connectivity index (χ2n) is 3.22. The minimum atomic E-state index is -0.339. The highest BCUT2D eigenvalue weighted by Crippen LogP contribution is 2.32. The van der Waals surface area contributed by atoms with Crippen molar-refractivity contribution in [1.29, 1.82) is 0 Å². The number of ether oxygens (including phenoxy) is 1. The summed E-state index contributed by atoms with van der Waals surface area (Å²) in [7, 11) is 0. The molecule has 58 valence electrons. The van der Waals surface area contributed by atoms with E-state index in [9.17, 15) is 0 Å². The Morgan fingerprint density at radius 2 is 2.20 bits per heavy atom. The average molecular weight is 142 g/mol. The van der Waals surface area contributed by atoms with E-state index in [1.165, 1.54) is 5.57 Å². The van der Waals surface area contributed by atoms with E-state index in [-0.39, 0.29) is 12.2 Å². The molecule has 0 spiro atoms. The summed E-state index contributed by atoms with van der Waals surface area (Å²) >= 11 is 0. The van der Waals surface area contributed by atoms with Gasteiger partial charge in [0.05, 0.1) is 12.4 Å². The summed E-state index contributed by atoms with van der Waals surface area (Å²) in [6.45, 7) is 6.00. The molecule has 1 unspecified atom stereocenters. The molecule has 0 aromatic carbocycles. The summed E-state index contributed by atoms with van der Waals surface area (Å²) < 4.78 is 5.44. The van der Waals surface area contributed by atoms with Gasteiger partial charge in [-0.15, -0.1) is 0 Å². The molecule has 1 aliphatic heterocycles. The van der Waals surface area contributed by atoms with Crippen molar-refractivity contribution >= 4 is 0 Å². The first-order valence-electron chi connectivity index (χ1n) is 3.54. The molecule has 10 heavy (non-hydrogen) atoms. The van der Waals surface area contributed by atoms with Crippen molar-refractivity contribution < 1.29 is 9.84 Å². The average Bonchev–Trinajstić information content (AvgIpc) is 2.10. The Morgan fingerprint density at radius 1 is 1.60 bits per heavy atom. The molecular formula is C8H14O2. The molecule has 0 saturated heterocycles.